The molecule has 1 atom stereocenters. The van der Waals surface area contributed by atoms with Gasteiger partial charge in [0.15, 0.2) is 21.0 Å². The summed E-state index contributed by atoms with van der Waals surface area (Å²) < 4.78 is 23.8. The Morgan fingerprint density at radius 2 is 2.06 bits per heavy atom. The first kappa shape index (κ1) is 12.9. The van der Waals surface area contributed by atoms with E-state index in [1.807, 2.05) is 0 Å². The van der Waals surface area contributed by atoms with Gasteiger partial charge in [-0.1, -0.05) is 30.0 Å². The molecule has 1 aromatic carbocycles. The van der Waals surface area contributed by atoms with Gasteiger partial charge in [0.05, 0.1) is 15.9 Å². The Bertz CT molecular complexity index is 621. The van der Waals surface area contributed by atoms with Gasteiger partial charge in [-0.15, -0.1) is 0 Å². The van der Waals surface area contributed by atoms with Crippen molar-refractivity contribution >= 4 is 32.7 Å². The maximum atomic E-state index is 11.9. The molecule has 2 rings (SSSR count). The van der Waals surface area contributed by atoms with Crippen LogP contribution in [0.5, 0.6) is 0 Å². The molecule has 0 aromatic heterocycles. The van der Waals surface area contributed by atoms with Crippen LogP contribution in [-0.2, 0) is 9.84 Å². The minimum absolute atomic E-state index is 0.0284. The Hall–Kier alpha value is -1.54. The zero-order valence-corrected chi connectivity index (χ0v) is 11.0. The van der Waals surface area contributed by atoms with E-state index < -0.39 is 9.84 Å². The molecule has 96 valence electrons. The van der Waals surface area contributed by atoms with Crippen molar-refractivity contribution in [3.05, 3.63) is 29.8 Å². The normalized spacial score (nSPS) is 20.1. The molecule has 18 heavy (non-hydrogen) atoms. The maximum absolute atomic E-state index is 11.9. The number of sulfone groups is 1. The van der Waals surface area contributed by atoms with Crippen LogP contribution in [0.1, 0.15) is 10.8 Å². The van der Waals surface area contributed by atoms with Crippen LogP contribution in [0.25, 0.3) is 0 Å². The van der Waals surface area contributed by atoms with Crippen molar-refractivity contribution in [2.45, 2.75) is 10.1 Å². The summed E-state index contributed by atoms with van der Waals surface area (Å²) in [6.07, 6.45) is 0. The minimum Gasteiger partial charge on any atom is -0.370 e. The standard InChI is InChI=1S/C10H12N4O2S2/c11-9(12)14-10(13)17-7-5-18(15,16)8-4-2-1-3-6(7)8/h1-4,7H,5H2,(H5,11,12,13,14). The third kappa shape index (κ3) is 2.49. The Labute approximate surface area is 109 Å². The van der Waals surface area contributed by atoms with Gasteiger partial charge in [0.2, 0.25) is 0 Å². The molecule has 8 heteroatoms. The predicted molar refractivity (Wildman–Crippen MR) is 72.4 cm³/mol. The second-order valence-electron chi connectivity index (χ2n) is 3.77. The average molecular weight is 284 g/mol. The van der Waals surface area contributed by atoms with E-state index >= 15 is 0 Å². The molecule has 0 saturated carbocycles. The van der Waals surface area contributed by atoms with E-state index in [4.69, 9.17) is 16.9 Å². The lowest BCUT2D eigenvalue weighted by Crippen LogP contribution is -2.23. The summed E-state index contributed by atoms with van der Waals surface area (Å²) in [4.78, 5) is 3.92. The molecule has 1 heterocycles. The first-order valence-electron chi connectivity index (χ1n) is 5.06. The van der Waals surface area contributed by atoms with Crippen LogP contribution in [0.3, 0.4) is 0 Å². The number of amidine groups is 1. The lowest BCUT2D eigenvalue weighted by molar-refractivity contribution is 0.600. The summed E-state index contributed by atoms with van der Waals surface area (Å²) in [6, 6.07) is 6.79. The number of nitrogens with one attached hydrogen (secondary N) is 1. The number of rotatable bonds is 1. The average Bonchev–Trinajstić information content (AvgIpc) is 2.50. The van der Waals surface area contributed by atoms with Crippen LogP contribution < -0.4 is 11.5 Å². The molecule has 1 aromatic rings. The largest absolute Gasteiger partial charge is 0.370 e. The van der Waals surface area contributed by atoms with Gasteiger partial charge < -0.3 is 11.5 Å². The SMILES string of the molecule is N=C(N=C(N)N)SC1CS(=O)(=O)c2ccccc21. The third-order valence-corrected chi connectivity index (χ3v) is 5.50. The van der Waals surface area contributed by atoms with E-state index in [1.54, 1.807) is 24.3 Å². The first-order chi connectivity index (χ1) is 8.40. The van der Waals surface area contributed by atoms with Crippen LogP contribution in [0.2, 0.25) is 0 Å². The van der Waals surface area contributed by atoms with Crippen LogP contribution in [0.4, 0.5) is 0 Å². The summed E-state index contributed by atoms with van der Waals surface area (Å²) in [5.74, 6) is -0.235. The van der Waals surface area contributed by atoms with Crippen molar-refractivity contribution in [3.63, 3.8) is 0 Å². The lowest BCUT2D eigenvalue weighted by atomic mass is 10.2. The van der Waals surface area contributed by atoms with Gasteiger partial charge in [0, 0.05) is 0 Å². The second kappa shape index (κ2) is 4.62. The van der Waals surface area contributed by atoms with Crippen LogP contribution in [0.15, 0.2) is 34.2 Å². The van der Waals surface area contributed by atoms with Gasteiger partial charge in [-0.3, -0.25) is 5.41 Å². The molecule has 0 fully saturated rings. The van der Waals surface area contributed by atoms with Crippen molar-refractivity contribution in [1.82, 2.24) is 0 Å². The highest BCUT2D eigenvalue weighted by Gasteiger charge is 2.35. The van der Waals surface area contributed by atoms with Crippen LogP contribution >= 0.6 is 11.8 Å². The summed E-state index contributed by atoms with van der Waals surface area (Å²) in [7, 11) is -3.26. The fourth-order valence-electron chi connectivity index (χ4n) is 1.78. The molecular weight excluding hydrogens is 272 g/mol. The van der Waals surface area contributed by atoms with Crippen LogP contribution in [0, 0.1) is 5.41 Å². The summed E-state index contributed by atoms with van der Waals surface area (Å²) >= 11 is 1.04. The zero-order valence-electron chi connectivity index (χ0n) is 9.33. The minimum atomic E-state index is -3.26. The highest BCUT2D eigenvalue weighted by atomic mass is 32.2. The highest BCUT2D eigenvalue weighted by Crippen LogP contribution is 2.42. The van der Waals surface area contributed by atoms with E-state index in [9.17, 15) is 8.42 Å². The molecule has 0 bridgehead atoms. The van der Waals surface area contributed by atoms with Crippen molar-refractivity contribution in [1.29, 1.82) is 5.41 Å². The molecule has 0 spiro atoms. The van der Waals surface area contributed by atoms with Gasteiger partial charge in [-0.05, 0) is 11.6 Å². The number of hydrogen-bond acceptors (Lipinski definition) is 4. The number of guanidine groups is 1. The zero-order chi connectivity index (χ0) is 13.3. The lowest BCUT2D eigenvalue weighted by Gasteiger charge is -2.07. The monoisotopic (exact) mass is 284 g/mol. The molecule has 0 aliphatic carbocycles. The molecule has 1 unspecified atom stereocenters. The Kier molecular flexibility index (Phi) is 3.31. The van der Waals surface area contributed by atoms with E-state index in [0.717, 1.165) is 11.8 Å². The third-order valence-electron chi connectivity index (χ3n) is 2.46. The quantitative estimate of drug-likeness (QED) is 0.510. The van der Waals surface area contributed by atoms with E-state index in [2.05, 4.69) is 4.99 Å². The number of aliphatic imine (C=N–C) groups is 1. The van der Waals surface area contributed by atoms with E-state index in [1.165, 1.54) is 0 Å². The molecule has 1 aliphatic rings. The number of hydrogen-bond donors (Lipinski definition) is 3. The first-order valence-corrected chi connectivity index (χ1v) is 7.60. The van der Waals surface area contributed by atoms with E-state index in [-0.39, 0.29) is 22.1 Å². The van der Waals surface area contributed by atoms with Crippen molar-refractivity contribution in [2.24, 2.45) is 16.5 Å². The second-order valence-corrected chi connectivity index (χ2v) is 6.96. The topological polar surface area (TPSA) is 122 Å². The predicted octanol–water partition coefficient (Wildman–Crippen LogP) is 0.456. The number of fused-ring (bicyclic) bond motifs is 1. The number of nitrogens with two attached hydrogens (primary N) is 2. The Balaban J connectivity index is 2.29. The maximum Gasteiger partial charge on any atom is 0.193 e. The number of thioether (sulfide) groups is 1. The Morgan fingerprint density at radius 1 is 1.39 bits per heavy atom. The van der Waals surface area contributed by atoms with Gasteiger partial charge >= 0.3 is 0 Å². The molecule has 0 saturated heterocycles. The Morgan fingerprint density at radius 3 is 2.72 bits per heavy atom. The molecule has 0 amide bonds. The van der Waals surface area contributed by atoms with Gasteiger partial charge in [-0.25, -0.2) is 8.42 Å². The van der Waals surface area contributed by atoms with Crippen molar-refractivity contribution in [2.75, 3.05) is 5.75 Å². The van der Waals surface area contributed by atoms with Gasteiger partial charge in [-0.2, -0.15) is 4.99 Å². The molecule has 1 aliphatic heterocycles. The number of benzene rings is 1. The smallest absolute Gasteiger partial charge is 0.193 e. The molecule has 0 radical (unpaired) electrons. The summed E-state index contributed by atoms with van der Waals surface area (Å²) in [5, 5.41) is 7.15. The molecule has 5 N–H and O–H groups in total. The molecular formula is C10H12N4O2S2. The van der Waals surface area contributed by atoms with Crippen molar-refractivity contribution in [3.8, 4) is 0 Å². The summed E-state index contributed by atoms with van der Waals surface area (Å²) in [5.41, 5.74) is 11.0. The fraction of sp³-hybridized carbons (Fsp3) is 0.200. The van der Waals surface area contributed by atoms with Gasteiger partial charge in [0.1, 0.15) is 0 Å². The van der Waals surface area contributed by atoms with E-state index in [0.29, 0.717) is 10.5 Å². The van der Waals surface area contributed by atoms with Crippen molar-refractivity contribution < 1.29 is 8.42 Å². The highest BCUT2D eigenvalue weighted by molar-refractivity contribution is 8.14. The van der Waals surface area contributed by atoms with Crippen LogP contribution in [-0.4, -0.2) is 25.3 Å². The molecule has 6 nitrogen and oxygen atoms in total. The fourth-order valence-corrected chi connectivity index (χ4v) is 5.04. The summed E-state index contributed by atoms with van der Waals surface area (Å²) in [6.45, 7) is 0. The number of nitrogens with zero attached hydrogens (tertiary/aromatic N) is 1. The van der Waals surface area contributed by atoms with Gasteiger partial charge in [0.25, 0.3) is 0 Å².